The highest BCUT2D eigenvalue weighted by Crippen LogP contribution is 2.25. The van der Waals surface area contributed by atoms with Gasteiger partial charge in [0.05, 0.1) is 25.1 Å². The Morgan fingerprint density at radius 1 is 1.00 bits per heavy atom. The van der Waals surface area contributed by atoms with Gasteiger partial charge in [-0.15, -0.1) is 0 Å². The summed E-state index contributed by atoms with van der Waals surface area (Å²) in [5.41, 5.74) is 1.13. The van der Waals surface area contributed by atoms with Gasteiger partial charge in [0, 0.05) is 12.2 Å². The molecule has 0 unspecified atom stereocenters. The van der Waals surface area contributed by atoms with Crippen molar-refractivity contribution >= 4 is 28.8 Å². The lowest BCUT2D eigenvalue weighted by Gasteiger charge is -2.23. The quantitative estimate of drug-likeness (QED) is 0.425. The van der Waals surface area contributed by atoms with E-state index in [1.807, 2.05) is 50.2 Å². The smallest absolute Gasteiger partial charge is 0.409 e. The van der Waals surface area contributed by atoms with Crippen LogP contribution in [0.2, 0.25) is 0 Å². The second-order valence-corrected chi connectivity index (χ2v) is 8.35. The lowest BCUT2D eigenvalue weighted by molar-refractivity contribution is -0.165. The third-order valence-corrected chi connectivity index (χ3v) is 5.31. The standard InChI is InChI=1S/C26H30N2O7/c1-17(2)27-26(31)33-15-28-11-5-6-22(14-28)25(30)35-16-34-24(29)18(3)19-7-8-21-13-23(32-4)10-9-20(21)12-19/h5-13,17-18H,14-16H2,1-4H3,(H,27,31)/t18-/m0/s1. The number of benzene rings is 2. The Morgan fingerprint density at radius 2 is 1.74 bits per heavy atom. The lowest BCUT2D eigenvalue weighted by atomic mass is 9.98. The predicted molar refractivity (Wildman–Crippen MR) is 130 cm³/mol. The number of allylic oxidation sites excluding steroid dienone is 2. The molecule has 2 aromatic carbocycles. The van der Waals surface area contributed by atoms with E-state index in [0.717, 1.165) is 22.1 Å². The molecule has 0 saturated carbocycles. The molecule has 1 aliphatic rings. The van der Waals surface area contributed by atoms with Gasteiger partial charge in [-0.1, -0.05) is 24.3 Å². The molecular formula is C26H30N2O7. The fraction of sp³-hybridized carbons (Fsp3) is 0.346. The molecule has 0 radical (unpaired) electrons. The third-order valence-electron chi connectivity index (χ3n) is 5.31. The summed E-state index contributed by atoms with van der Waals surface area (Å²) >= 11 is 0. The van der Waals surface area contributed by atoms with Crippen molar-refractivity contribution in [1.29, 1.82) is 0 Å². The first-order valence-electron chi connectivity index (χ1n) is 11.2. The molecular weight excluding hydrogens is 452 g/mol. The number of esters is 2. The SMILES string of the molecule is COc1ccc2cc([C@H](C)C(=O)OCOC(=O)C3=CC=CN(COC(=O)NC(C)C)C3)ccc2c1. The number of hydrogen-bond acceptors (Lipinski definition) is 8. The summed E-state index contributed by atoms with van der Waals surface area (Å²) in [6, 6.07) is 11.4. The molecule has 3 rings (SSSR count). The molecule has 0 bridgehead atoms. The molecule has 35 heavy (non-hydrogen) atoms. The van der Waals surface area contributed by atoms with Crippen LogP contribution in [0.3, 0.4) is 0 Å². The summed E-state index contributed by atoms with van der Waals surface area (Å²) < 4.78 is 20.6. The van der Waals surface area contributed by atoms with Crippen LogP contribution >= 0.6 is 0 Å². The van der Waals surface area contributed by atoms with Crippen molar-refractivity contribution in [2.45, 2.75) is 32.7 Å². The molecule has 1 N–H and O–H groups in total. The van der Waals surface area contributed by atoms with Crippen LogP contribution in [0.4, 0.5) is 4.79 Å². The maximum absolute atomic E-state index is 12.5. The molecule has 186 valence electrons. The molecule has 0 spiro atoms. The lowest BCUT2D eigenvalue weighted by Crippen LogP contribution is -2.35. The maximum Gasteiger partial charge on any atom is 0.409 e. The zero-order valence-electron chi connectivity index (χ0n) is 20.3. The molecule has 1 aliphatic heterocycles. The summed E-state index contributed by atoms with van der Waals surface area (Å²) in [6.45, 7) is 5.05. The molecule has 0 fully saturated rings. The van der Waals surface area contributed by atoms with Crippen LogP contribution in [0.15, 0.2) is 60.3 Å². The van der Waals surface area contributed by atoms with E-state index in [9.17, 15) is 14.4 Å². The molecule has 9 heteroatoms. The number of nitrogens with zero attached hydrogens (tertiary/aromatic N) is 1. The Hall–Kier alpha value is -4.01. The number of nitrogens with one attached hydrogen (secondary N) is 1. The number of fused-ring (bicyclic) bond motifs is 1. The predicted octanol–water partition coefficient (Wildman–Crippen LogP) is 3.84. The van der Waals surface area contributed by atoms with Crippen LogP contribution in [0.5, 0.6) is 5.75 Å². The van der Waals surface area contributed by atoms with Crippen LogP contribution in [-0.2, 0) is 23.8 Å². The highest BCUT2D eigenvalue weighted by molar-refractivity contribution is 5.90. The van der Waals surface area contributed by atoms with Crippen LogP contribution in [0, 0.1) is 0 Å². The van der Waals surface area contributed by atoms with Crippen molar-refractivity contribution in [3.05, 3.63) is 65.9 Å². The highest BCUT2D eigenvalue weighted by atomic mass is 16.7. The van der Waals surface area contributed by atoms with E-state index in [1.165, 1.54) is 0 Å². The molecule has 0 aliphatic carbocycles. The fourth-order valence-corrected chi connectivity index (χ4v) is 3.38. The summed E-state index contributed by atoms with van der Waals surface area (Å²) in [5, 5.41) is 4.59. The number of carbonyl (C=O) groups is 3. The molecule has 2 aromatic rings. The monoisotopic (exact) mass is 482 g/mol. The van der Waals surface area contributed by atoms with E-state index < -0.39 is 30.7 Å². The molecule has 1 amide bonds. The Labute approximate surface area is 204 Å². The van der Waals surface area contributed by atoms with Crippen LogP contribution in [-0.4, -0.2) is 56.2 Å². The van der Waals surface area contributed by atoms with E-state index in [-0.39, 0.29) is 19.3 Å². The van der Waals surface area contributed by atoms with Gasteiger partial charge < -0.3 is 29.2 Å². The number of hydrogen-bond donors (Lipinski definition) is 1. The van der Waals surface area contributed by atoms with Crippen molar-refractivity contribution in [3.63, 3.8) is 0 Å². The van der Waals surface area contributed by atoms with E-state index in [2.05, 4.69) is 5.32 Å². The number of rotatable bonds is 9. The van der Waals surface area contributed by atoms with Gasteiger partial charge in [-0.3, -0.25) is 4.79 Å². The second-order valence-electron chi connectivity index (χ2n) is 8.35. The molecule has 0 aromatic heterocycles. The Morgan fingerprint density at radius 3 is 2.49 bits per heavy atom. The van der Waals surface area contributed by atoms with Gasteiger partial charge in [-0.25, -0.2) is 9.59 Å². The van der Waals surface area contributed by atoms with Gasteiger partial charge in [0.15, 0.2) is 6.73 Å². The maximum atomic E-state index is 12.5. The highest BCUT2D eigenvalue weighted by Gasteiger charge is 2.20. The number of alkyl carbamates (subject to hydrolysis) is 1. The minimum absolute atomic E-state index is 0.0231. The van der Waals surface area contributed by atoms with Gasteiger partial charge in [0.2, 0.25) is 6.79 Å². The van der Waals surface area contributed by atoms with Gasteiger partial charge >= 0.3 is 18.0 Å². The molecule has 0 saturated heterocycles. The average molecular weight is 483 g/mol. The fourth-order valence-electron chi connectivity index (χ4n) is 3.38. The number of amides is 1. The summed E-state index contributed by atoms with van der Waals surface area (Å²) in [5.74, 6) is -0.905. The second kappa shape index (κ2) is 11.9. The van der Waals surface area contributed by atoms with Gasteiger partial charge in [-0.05, 0) is 61.4 Å². The van der Waals surface area contributed by atoms with E-state index in [0.29, 0.717) is 5.57 Å². The van der Waals surface area contributed by atoms with Crippen LogP contribution in [0.25, 0.3) is 10.8 Å². The number of carbonyl (C=O) groups excluding carboxylic acids is 3. The van der Waals surface area contributed by atoms with Gasteiger partial charge in [0.25, 0.3) is 0 Å². The van der Waals surface area contributed by atoms with E-state index >= 15 is 0 Å². The number of methoxy groups -OCH3 is 1. The largest absolute Gasteiger partial charge is 0.497 e. The van der Waals surface area contributed by atoms with Crippen LogP contribution in [0.1, 0.15) is 32.3 Å². The van der Waals surface area contributed by atoms with E-state index in [4.69, 9.17) is 18.9 Å². The van der Waals surface area contributed by atoms with Gasteiger partial charge in [-0.2, -0.15) is 0 Å². The van der Waals surface area contributed by atoms with Crippen molar-refractivity contribution < 1.29 is 33.3 Å². The average Bonchev–Trinajstić information content (AvgIpc) is 2.86. The van der Waals surface area contributed by atoms with Gasteiger partial charge in [0.1, 0.15) is 5.75 Å². The summed E-state index contributed by atoms with van der Waals surface area (Å²) in [6.07, 6.45) is 4.40. The Bertz CT molecular complexity index is 1140. The first-order chi connectivity index (χ1) is 16.8. The first-order valence-corrected chi connectivity index (χ1v) is 11.2. The third kappa shape index (κ3) is 7.23. The van der Waals surface area contributed by atoms with Crippen molar-refractivity contribution in [1.82, 2.24) is 10.2 Å². The Balaban J connectivity index is 1.46. The van der Waals surface area contributed by atoms with Crippen LogP contribution < -0.4 is 10.1 Å². The van der Waals surface area contributed by atoms with Crippen molar-refractivity contribution in [2.75, 3.05) is 27.2 Å². The zero-order valence-corrected chi connectivity index (χ0v) is 20.3. The Kier molecular flexibility index (Phi) is 8.72. The normalized spacial score (nSPS) is 13.7. The molecule has 9 nitrogen and oxygen atoms in total. The number of ether oxygens (including phenoxy) is 4. The zero-order chi connectivity index (χ0) is 25.4. The topological polar surface area (TPSA) is 103 Å². The van der Waals surface area contributed by atoms with Crippen molar-refractivity contribution in [3.8, 4) is 5.75 Å². The molecule has 1 atom stereocenters. The molecule has 1 heterocycles. The first kappa shape index (κ1) is 25.6. The van der Waals surface area contributed by atoms with E-state index in [1.54, 1.807) is 37.3 Å². The minimum Gasteiger partial charge on any atom is -0.497 e. The van der Waals surface area contributed by atoms with Crippen molar-refractivity contribution in [2.24, 2.45) is 0 Å². The summed E-state index contributed by atoms with van der Waals surface area (Å²) in [7, 11) is 1.61. The minimum atomic E-state index is -0.619. The summed E-state index contributed by atoms with van der Waals surface area (Å²) in [4.78, 5) is 38.1.